The lowest BCUT2D eigenvalue weighted by Gasteiger charge is -2.24. The van der Waals surface area contributed by atoms with Crippen molar-refractivity contribution < 1.29 is 18.1 Å². The van der Waals surface area contributed by atoms with Crippen molar-refractivity contribution in [2.75, 3.05) is 24.5 Å². The molecule has 9 heteroatoms. The van der Waals surface area contributed by atoms with Crippen LogP contribution < -0.4 is 10.6 Å². The molecule has 1 atom stereocenters. The van der Waals surface area contributed by atoms with Crippen molar-refractivity contribution in [1.82, 2.24) is 4.98 Å². The summed E-state index contributed by atoms with van der Waals surface area (Å²) in [6.45, 7) is 3.08. The molecule has 2 rings (SSSR count). The average Bonchev–Trinajstić information content (AvgIpc) is 2.80. The first-order valence-corrected chi connectivity index (χ1v) is 6.33. The predicted octanol–water partition coefficient (Wildman–Crippen LogP) is 2.18. The number of alkyl halides is 3. The van der Waals surface area contributed by atoms with Crippen molar-refractivity contribution in [2.45, 2.75) is 19.5 Å². The summed E-state index contributed by atoms with van der Waals surface area (Å²) in [5.74, 6) is 0. The minimum Gasteiger partial charge on any atom is -0.365 e. The molecule has 2 heterocycles. The topological polar surface area (TPSA) is 85.3 Å². The van der Waals surface area contributed by atoms with Crippen LogP contribution in [0.3, 0.4) is 0 Å². The number of anilines is 1. The van der Waals surface area contributed by atoms with Crippen LogP contribution in [0.5, 0.6) is 0 Å². The molecule has 0 aromatic carbocycles. The standard InChI is InChI=1S/C12H15F3N4O2/c1-11(6-16)2-3-18(7-11)8-4-10(12(13,14)15)17-5-9(8)19(20)21/h4-5H,2-3,6-7,16H2,1H3. The number of nitrogens with two attached hydrogens (primary N) is 1. The van der Waals surface area contributed by atoms with E-state index in [1.807, 2.05) is 6.92 Å². The van der Waals surface area contributed by atoms with Crippen molar-refractivity contribution in [3.05, 3.63) is 28.1 Å². The average molecular weight is 304 g/mol. The maximum Gasteiger partial charge on any atom is 0.433 e. The van der Waals surface area contributed by atoms with E-state index in [2.05, 4.69) is 4.98 Å². The van der Waals surface area contributed by atoms with Gasteiger partial charge in [-0.1, -0.05) is 6.92 Å². The van der Waals surface area contributed by atoms with E-state index in [1.54, 1.807) is 4.90 Å². The molecule has 1 aromatic rings. The zero-order valence-electron chi connectivity index (χ0n) is 11.4. The maximum atomic E-state index is 12.7. The molecule has 0 radical (unpaired) electrons. The Balaban J connectivity index is 2.43. The van der Waals surface area contributed by atoms with Crippen LogP contribution in [0, 0.1) is 15.5 Å². The molecule has 2 N–H and O–H groups in total. The summed E-state index contributed by atoms with van der Waals surface area (Å²) in [5, 5.41) is 11.0. The second-order valence-corrected chi connectivity index (χ2v) is 5.50. The van der Waals surface area contributed by atoms with Gasteiger partial charge in [0.2, 0.25) is 0 Å². The lowest BCUT2D eigenvalue weighted by atomic mass is 9.90. The summed E-state index contributed by atoms with van der Waals surface area (Å²) in [6.07, 6.45) is -3.30. The lowest BCUT2D eigenvalue weighted by molar-refractivity contribution is -0.384. The molecule has 6 nitrogen and oxygen atoms in total. The SMILES string of the molecule is CC1(CN)CCN(c2cc(C(F)(F)F)ncc2[N+](=O)[O-])C1. The van der Waals surface area contributed by atoms with Crippen LogP contribution in [0.2, 0.25) is 0 Å². The Hall–Kier alpha value is -1.90. The van der Waals surface area contributed by atoms with Crippen LogP contribution in [-0.2, 0) is 6.18 Å². The summed E-state index contributed by atoms with van der Waals surface area (Å²) in [4.78, 5) is 15.0. The molecule has 0 amide bonds. The minimum absolute atomic E-state index is 0.0560. The van der Waals surface area contributed by atoms with Gasteiger partial charge >= 0.3 is 11.9 Å². The Labute approximate surface area is 118 Å². The third-order valence-corrected chi connectivity index (χ3v) is 3.74. The third-order valence-electron chi connectivity index (χ3n) is 3.74. The zero-order chi connectivity index (χ0) is 15.8. The number of hydrogen-bond acceptors (Lipinski definition) is 5. The molecule has 1 aliphatic rings. The Kier molecular flexibility index (Phi) is 3.79. The molecule has 1 aliphatic heterocycles. The predicted molar refractivity (Wildman–Crippen MR) is 69.9 cm³/mol. The van der Waals surface area contributed by atoms with Crippen LogP contribution in [0.1, 0.15) is 19.0 Å². The number of rotatable bonds is 3. The number of aromatic nitrogens is 1. The first-order chi connectivity index (χ1) is 9.66. The van der Waals surface area contributed by atoms with Gasteiger partial charge in [-0.25, -0.2) is 4.98 Å². The van der Waals surface area contributed by atoms with E-state index in [-0.39, 0.29) is 11.1 Å². The summed E-state index contributed by atoms with van der Waals surface area (Å²) in [5.41, 5.74) is 3.78. The first-order valence-electron chi connectivity index (χ1n) is 6.33. The monoisotopic (exact) mass is 304 g/mol. The van der Waals surface area contributed by atoms with Crippen LogP contribution in [0.15, 0.2) is 12.3 Å². The molecule has 0 spiro atoms. The van der Waals surface area contributed by atoms with Crippen LogP contribution in [0.4, 0.5) is 24.5 Å². The van der Waals surface area contributed by atoms with Gasteiger partial charge in [0.25, 0.3) is 0 Å². The molecule has 116 valence electrons. The molecule has 0 saturated carbocycles. The highest BCUT2D eigenvalue weighted by atomic mass is 19.4. The quantitative estimate of drug-likeness (QED) is 0.683. The van der Waals surface area contributed by atoms with Crippen molar-refractivity contribution in [3.63, 3.8) is 0 Å². The summed E-state index contributed by atoms with van der Waals surface area (Å²) < 4.78 is 38.2. The molecule has 1 aromatic heterocycles. The fourth-order valence-electron chi connectivity index (χ4n) is 2.38. The normalized spacial score (nSPS) is 22.6. The van der Waals surface area contributed by atoms with Crippen LogP contribution >= 0.6 is 0 Å². The van der Waals surface area contributed by atoms with Crippen molar-refractivity contribution in [2.24, 2.45) is 11.1 Å². The van der Waals surface area contributed by atoms with E-state index in [0.29, 0.717) is 32.3 Å². The third kappa shape index (κ3) is 3.07. The minimum atomic E-state index is -4.64. The smallest absolute Gasteiger partial charge is 0.365 e. The number of nitrogens with zero attached hydrogens (tertiary/aromatic N) is 3. The van der Waals surface area contributed by atoms with Gasteiger partial charge in [-0.3, -0.25) is 10.1 Å². The van der Waals surface area contributed by atoms with Gasteiger partial charge in [-0.05, 0) is 24.4 Å². The van der Waals surface area contributed by atoms with E-state index in [9.17, 15) is 23.3 Å². The molecule has 21 heavy (non-hydrogen) atoms. The van der Waals surface area contributed by atoms with Crippen LogP contribution in [-0.4, -0.2) is 29.5 Å². The van der Waals surface area contributed by atoms with Crippen LogP contribution in [0.25, 0.3) is 0 Å². The van der Waals surface area contributed by atoms with Gasteiger partial charge in [0.1, 0.15) is 17.6 Å². The van der Waals surface area contributed by atoms with Gasteiger partial charge < -0.3 is 10.6 Å². The van der Waals surface area contributed by atoms with Gasteiger partial charge in [0.15, 0.2) is 0 Å². The molecular formula is C12H15F3N4O2. The molecule has 1 unspecified atom stereocenters. The Morgan fingerprint density at radius 1 is 1.57 bits per heavy atom. The lowest BCUT2D eigenvalue weighted by Crippen LogP contribution is -2.31. The van der Waals surface area contributed by atoms with Gasteiger partial charge in [-0.15, -0.1) is 0 Å². The second-order valence-electron chi connectivity index (χ2n) is 5.50. The number of nitro groups is 1. The van der Waals surface area contributed by atoms with E-state index in [1.165, 1.54) is 0 Å². The molecule has 1 fully saturated rings. The van der Waals surface area contributed by atoms with Crippen molar-refractivity contribution >= 4 is 11.4 Å². The molecule has 0 aliphatic carbocycles. The highest BCUT2D eigenvalue weighted by molar-refractivity contribution is 5.63. The van der Waals surface area contributed by atoms with Gasteiger partial charge in [0, 0.05) is 13.1 Å². The van der Waals surface area contributed by atoms with Crippen molar-refractivity contribution in [3.8, 4) is 0 Å². The molecule has 1 saturated heterocycles. The summed E-state index contributed by atoms with van der Waals surface area (Å²) >= 11 is 0. The second kappa shape index (κ2) is 5.14. The van der Waals surface area contributed by atoms with E-state index >= 15 is 0 Å². The van der Waals surface area contributed by atoms with E-state index < -0.39 is 22.5 Å². The summed E-state index contributed by atoms with van der Waals surface area (Å²) in [7, 11) is 0. The highest BCUT2D eigenvalue weighted by Crippen LogP contribution is 2.39. The van der Waals surface area contributed by atoms with Crippen molar-refractivity contribution in [1.29, 1.82) is 0 Å². The fourth-order valence-corrected chi connectivity index (χ4v) is 2.38. The fraction of sp³-hybridized carbons (Fsp3) is 0.583. The number of pyridine rings is 1. The van der Waals surface area contributed by atoms with Gasteiger partial charge in [0.05, 0.1) is 4.92 Å². The number of hydrogen-bond donors (Lipinski definition) is 1. The summed E-state index contributed by atoms with van der Waals surface area (Å²) in [6, 6.07) is 0.736. The first kappa shape index (κ1) is 15.5. The molecular weight excluding hydrogens is 289 g/mol. The molecule has 0 bridgehead atoms. The highest BCUT2D eigenvalue weighted by Gasteiger charge is 2.38. The van der Waals surface area contributed by atoms with Gasteiger partial charge in [-0.2, -0.15) is 13.2 Å². The Morgan fingerprint density at radius 3 is 2.71 bits per heavy atom. The zero-order valence-corrected chi connectivity index (χ0v) is 11.4. The number of halogens is 3. The van der Waals surface area contributed by atoms with E-state index in [4.69, 9.17) is 5.73 Å². The maximum absolute atomic E-state index is 12.7. The Bertz CT molecular complexity index is 564. The van der Waals surface area contributed by atoms with E-state index in [0.717, 1.165) is 6.07 Å². The largest absolute Gasteiger partial charge is 0.433 e. The Morgan fingerprint density at radius 2 is 2.24 bits per heavy atom.